The number of rotatable bonds is 1. The van der Waals surface area contributed by atoms with Crippen LogP contribution in [0, 0.1) is 0 Å². The molecule has 3 aromatic rings. The highest BCUT2D eigenvalue weighted by Gasteiger charge is 2.35. The van der Waals surface area contributed by atoms with E-state index in [2.05, 4.69) is 66.0 Å². The molecule has 0 spiro atoms. The Morgan fingerprint density at radius 3 is 2.17 bits per heavy atom. The summed E-state index contributed by atoms with van der Waals surface area (Å²) in [7, 11) is 0. The molecule has 1 N–H and O–H groups in total. The third kappa shape index (κ3) is 3.13. The van der Waals surface area contributed by atoms with Crippen molar-refractivity contribution >= 4 is 23.2 Å². The van der Waals surface area contributed by atoms with Gasteiger partial charge < -0.3 is 10.1 Å². The van der Waals surface area contributed by atoms with E-state index in [4.69, 9.17) is 4.74 Å². The minimum atomic E-state index is -0.855. The molecule has 0 saturated heterocycles. The summed E-state index contributed by atoms with van der Waals surface area (Å²) in [5.41, 5.74) is 7.40. The number of nitrogens with one attached hydrogen (secondary N) is 1. The van der Waals surface area contributed by atoms with Gasteiger partial charge in [0, 0.05) is 0 Å². The molecule has 1 aliphatic heterocycles. The summed E-state index contributed by atoms with van der Waals surface area (Å²) >= 11 is 0. The third-order valence-electron chi connectivity index (χ3n) is 5.75. The van der Waals surface area contributed by atoms with Crippen molar-refractivity contribution in [1.82, 2.24) is 0 Å². The Morgan fingerprint density at radius 2 is 1.52 bits per heavy atom. The Bertz CT molecular complexity index is 1110. The van der Waals surface area contributed by atoms with E-state index < -0.39 is 5.60 Å². The van der Waals surface area contributed by atoms with Gasteiger partial charge in [-0.1, -0.05) is 54.6 Å². The molecular formula is C26H23NO2. The van der Waals surface area contributed by atoms with Gasteiger partial charge in [-0.3, -0.25) is 4.79 Å². The lowest BCUT2D eigenvalue weighted by Gasteiger charge is -2.31. The number of anilines is 1. The van der Waals surface area contributed by atoms with E-state index in [0.717, 1.165) is 24.1 Å². The largest absolute Gasteiger partial charge is 0.476 e. The van der Waals surface area contributed by atoms with Gasteiger partial charge in [0.1, 0.15) is 5.75 Å². The molecule has 0 saturated carbocycles. The highest BCUT2D eigenvalue weighted by molar-refractivity contribution is 6.01. The first-order valence-corrected chi connectivity index (χ1v) is 10.0. The van der Waals surface area contributed by atoms with Gasteiger partial charge in [0.15, 0.2) is 5.60 Å². The van der Waals surface area contributed by atoms with Gasteiger partial charge in [0.25, 0.3) is 5.91 Å². The van der Waals surface area contributed by atoms with E-state index in [1.54, 1.807) is 13.8 Å². The molecule has 0 atom stereocenters. The second-order valence-electron chi connectivity index (χ2n) is 8.19. The van der Waals surface area contributed by atoms with E-state index in [9.17, 15) is 4.79 Å². The van der Waals surface area contributed by atoms with Gasteiger partial charge >= 0.3 is 0 Å². The van der Waals surface area contributed by atoms with Gasteiger partial charge in [0.05, 0.1) is 5.69 Å². The van der Waals surface area contributed by atoms with Crippen molar-refractivity contribution in [3.8, 4) is 5.75 Å². The molecule has 2 aliphatic rings. The average Bonchev–Trinajstić information content (AvgIpc) is 2.87. The van der Waals surface area contributed by atoms with Crippen LogP contribution in [-0.2, 0) is 17.6 Å². The van der Waals surface area contributed by atoms with Crippen molar-refractivity contribution in [3.05, 3.63) is 94.5 Å². The van der Waals surface area contributed by atoms with E-state index in [0.29, 0.717) is 5.75 Å². The maximum atomic E-state index is 12.3. The molecule has 144 valence electrons. The van der Waals surface area contributed by atoms with Gasteiger partial charge in [-0.05, 0) is 78.3 Å². The molecule has 1 amide bonds. The topological polar surface area (TPSA) is 38.3 Å². The van der Waals surface area contributed by atoms with Crippen molar-refractivity contribution < 1.29 is 9.53 Å². The highest BCUT2D eigenvalue weighted by atomic mass is 16.5. The molecule has 3 nitrogen and oxygen atoms in total. The maximum absolute atomic E-state index is 12.3. The van der Waals surface area contributed by atoms with E-state index >= 15 is 0 Å². The number of aryl methyl sites for hydroxylation is 2. The summed E-state index contributed by atoms with van der Waals surface area (Å²) in [6.45, 7) is 3.56. The highest BCUT2D eigenvalue weighted by Crippen LogP contribution is 2.38. The fraction of sp³-hybridized carbons (Fsp3) is 0.192. The van der Waals surface area contributed by atoms with Crippen molar-refractivity contribution in [2.45, 2.75) is 32.3 Å². The zero-order valence-corrected chi connectivity index (χ0v) is 16.7. The van der Waals surface area contributed by atoms with Crippen molar-refractivity contribution in [2.24, 2.45) is 0 Å². The number of carbonyl (C=O) groups is 1. The monoisotopic (exact) mass is 381 g/mol. The van der Waals surface area contributed by atoms with E-state index in [-0.39, 0.29) is 5.91 Å². The second-order valence-corrected chi connectivity index (χ2v) is 8.19. The molecule has 0 aromatic heterocycles. The molecule has 0 unspecified atom stereocenters. The first-order valence-electron chi connectivity index (χ1n) is 10.0. The summed E-state index contributed by atoms with van der Waals surface area (Å²) < 4.78 is 5.88. The summed E-state index contributed by atoms with van der Waals surface area (Å²) in [5.74, 6) is 0.582. The molecule has 5 rings (SSSR count). The molecule has 0 fully saturated rings. The normalized spacial score (nSPS) is 16.5. The summed E-state index contributed by atoms with van der Waals surface area (Å²) in [4.78, 5) is 12.3. The minimum absolute atomic E-state index is 0.125. The molecular weight excluding hydrogens is 358 g/mol. The number of hydrogen-bond donors (Lipinski definition) is 1. The van der Waals surface area contributed by atoms with Crippen molar-refractivity contribution in [1.29, 1.82) is 0 Å². The molecule has 3 heteroatoms. The minimum Gasteiger partial charge on any atom is -0.476 e. The molecule has 0 bridgehead atoms. The van der Waals surface area contributed by atoms with Crippen LogP contribution in [0.3, 0.4) is 0 Å². The van der Waals surface area contributed by atoms with Crippen LogP contribution in [-0.4, -0.2) is 11.5 Å². The van der Waals surface area contributed by atoms with E-state index in [1.807, 2.05) is 12.1 Å². The van der Waals surface area contributed by atoms with Gasteiger partial charge in [-0.25, -0.2) is 0 Å². The summed E-state index contributed by atoms with van der Waals surface area (Å²) in [5, 5.41) is 2.99. The van der Waals surface area contributed by atoms with Crippen LogP contribution in [0.15, 0.2) is 66.7 Å². The van der Waals surface area contributed by atoms with Gasteiger partial charge in [-0.2, -0.15) is 0 Å². The van der Waals surface area contributed by atoms with Crippen LogP contribution in [0.5, 0.6) is 5.75 Å². The SMILES string of the molecule is CC1(C)Oc2ccc(C=C3c4ccccc4CCc4ccccc43)cc2NC1=O. The smallest absolute Gasteiger partial charge is 0.268 e. The average molecular weight is 381 g/mol. The Balaban J connectivity index is 1.65. The first kappa shape index (κ1) is 17.7. The van der Waals surface area contributed by atoms with Crippen molar-refractivity contribution in [3.63, 3.8) is 0 Å². The van der Waals surface area contributed by atoms with Crippen LogP contribution in [0.25, 0.3) is 11.6 Å². The van der Waals surface area contributed by atoms with Crippen LogP contribution < -0.4 is 10.1 Å². The molecule has 3 aromatic carbocycles. The fourth-order valence-electron chi connectivity index (χ4n) is 4.16. The Labute approximate surface area is 171 Å². The number of carbonyl (C=O) groups excluding carboxylic acids is 1. The first-order chi connectivity index (χ1) is 14.0. The van der Waals surface area contributed by atoms with Gasteiger partial charge in [0.2, 0.25) is 0 Å². The maximum Gasteiger partial charge on any atom is 0.268 e. The standard InChI is InChI=1S/C26H23NO2/c1-26(2)25(28)27-23-16-17(11-14-24(23)29-26)15-22-20-9-5-3-7-18(20)12-13-19-8-4-6-10-21(19)22/h3-11,14-16H,12-13H2,1-2H3,(H,27,28). The summed E-state index contributed by atoms with van der Waals surface area (Å²) in [6.07, 6.45) is 4.29. The second kappa shape index (κ2) is 6.63. The summed E-state index contributed by atoms with van der Waals surface area (Å²) in [6, 6.07) is 23.3. The van der Waals surface area contributed by atoms with E-state index in [1.165, 1.54) is 27.8 Å². The molecule has 0 radical (unpaired) electrons. The Morgan fingerprint density at radius 1 is 0.897 bits per heavy atom. The number of ether oxygens (including phenoxy) is 1. The predicted octanol–water partition coefficient (Wildman–Crippen LogP) is 5.48. The van der Waals surface area contributed by atoms with Crippen molar-refractivity contribution in [2.75, 3.05) is 5.32 Å². The zero-order chi connectivity index (χ0) is 20.0. The lowest BCUT2D eigenvalue weighted by Crippen LogP contribution is -2.45. The van der Waals surface area contributed by atoms with Crippen LogP contribution >= 0.6 is 0 Å². The quantitative estimate of drug-likeness (QED) is 0.606. The zero-order valence-electron chi connectivity index (χ0n) is 16.7. The lowest BCUT2D eigenvalue weighted by molar-refractivity contribution is -0.129. The Hall–Kier alpha value is -3.33. The van der Waals surface area contributed by atoms with Gasteiger partial charge in [-0.15, -0.1) is 0 Å². The van der Waals surface area contributed by atoms with Crippen LogP contribution in [0.4, 0.5) is 5.69 Å². The number of fused-ring (bicyclic) bond motifs is 3. The number of hydrogen-bond acceptors (Lipinski definition) is 2. The lowest BCUT2D eigenvalue weighted by atomic mass is 9.92. The number of amides is 1. The third-order valence-corrected chi connectivity index (χ3v) is 5.75. The predicted molar refractivity (Wildman–Crippen MR) is 117 cm³/mol. The van der Waals surface area contributed by atoms with Crippen LogP contribution in [0.2, 0.25) is 0 Å². The van der Waals surface area contributed by atoms with Crippen LogP contribution in [0.1, 0.15) is 41.7 Å². The molecule has 1 heterocycles. The Kier molecular flexibility index (Phi) is 4.06. The molecule has 1 aliphatic carbocycles. The molecule has 29 heavy (non-hydrogen) atoms. The number of benzene rings is 3. The fourth-order valence-corrected chi connectivity index (χ4v) is 4.16.